The Bertz CT molecular complexity index is 391. The average Bonchev–Trinajstić information content (AvgIpc) is 2.79. The van der Waals surface area contributed by atoms with Gasteiger partial charge >= 0.3 is 0 Å². The number of hydrogen-bond donors (Lipinski definition) is 1. The minimum atomic E-state index is -0.0446. The van der Waals surface area contributed by atoms with Crippen molar-refractivity contribution in [1.82, 2.24) is 0 Å². The number of benzene rings is 1. The molecule has 1 unspecified atom stereocenters. The van der Waals surface area contributed by atoms with Gasteiger partial charge in [-0.25, -0.2) is 0 Å². The van der Waals surface area contributed by atoms with Crippen molar-refractivity contribution in [2.45, 2.75) is 31.7 Å². The molecule has 1 atom stereocenters. The van der Waals surface area contributed by atoms with Crippen molar-refractivity contribution >= 4 is 21.6 Å². The molecule has 0 spiro atoms. The normalized spacial score (nSPS) is 18.0. The van der Waals surface area contributed by atoms with Crippen molar-refractivity contribution in [3.63, 3.8) is 0 Å². The summed E-state index contributed by atoms with van der Waals surface area (Å²) in [4.78, 5) is 0. The Morgan fingerprint density at radius 2 is 2.12 bits per heavy atom. The molecule has 0 radical (unpaired) electrons. The number of hydrogen-bond acceptors (Lipinski definition) is 2. The first-order valence-corrected chi connectivity index (χ1v) is 6.50. The summed E-state index contributed by atoms with van der Waals surface area (Å²) in [5.74, 6) is 0.518. The second kappa shape index (κ2) is 5.36. The molecule has 0 aliphatic heterocycles. The molecule has 1 N–H and O–H groups in total. The summed E-state index contributed by atoms with van der Waals surface area (Å²) in [6.45, 7) is 0. The quantitative estimate of drug-likeness (QED) is 0.909. The first-order valence-electron chi connectivity index (χ1n) is 5.71. The molecule has 16 heavy (non-hydrogen) atoms. The van der Waals surface area contributed by atoms with Gasteiger partial charge in [-0.15, -0.1) is 0 Å². The monoisotopic (exact) mass is 278 g/mol. The highest BCUT2D eigenvalue weighted by molar-refractivity contribution is 9.10. The first-order chi connectivity index (χ1) is 7.79. The van der Waals surface area contributed by atoms with Crippen molar-refractivity contribution in [2.24, 2.45) is 5.92 Å². The fourth-order valence-corrected chi connectivity index (χ4v) is 2.70. The zero-order valence-corrected chi connectivity index (χ0v) is 10.7. The van der Waals surface area contributed by atoms with Crippen LogP contribution in [0.4, 0.5) is 5.69 Å². The molecule has 1 fully saturated rings. The van der Waals surface area contributed by atoms with E-state index in [9.17, 15) is 5.26 Å². The van der Waals surface area contributed by atoms with Gasteiger partial charge in [0.1, 0.15) is 6.04 Å². The smallest absolute Gasteiger partial charge is 0.117 e. The lowest BCUT2D eigenvalue weighted by Gasteiger charge is -2.19. The van der Waals surface area contributed by atoms with Crippen LogP contribution in [0.5, 0.6) is 0 Å². The number of nitrogens with zero attached hydrogens (tertiary/aromatic N) is 1. The summed E-state index contributed by atoms with van der Waals surface area (Å²) < 4.78 is 1.04. The molecular weight excluding hydrogens is 264 g/mol. The van der Waals surface area contributed by atoms with Crippen LogP contribution in [0, 0.1) is 17.2 Å². The molecule has 0 aromatic heterocycles. The summed E-state index contributed by atoms with van der Waals surface area (Å²) in [7, 11) is 0. The average molecular weight is 279 g/mol. The van der Waals surface area contributed by atoms with E-state index in [4.69, 9.17) is 0 Å². The molecule has 0 amide bonds. The fourth-order valence-electron chi connectivity index (χ4n) is 2.30. The maximum Gasteiger partial charge on any atom is 0.117 e. The number of rotatable bonds is 3. The Morgan fingerprint density at radius 3 is 2.75 bits per heavy atom. The second-order valence-electron chi connectivity index (χ2n) is 4.31. The van der Waals surface area contributed by atoms with Gasteiger partial charge in [-0.1, -0.05) is 34.8 Å². The molecule has 0 saturated heterocycles. The van der Waals surface area contributed by atoms with E-state index in [-0.39, 0.29) is 6.04 Å². The zero-order chi connectivity index (χ0) is 11.4. The van der Waals surface area contributed by atoms with E-state index in [0.29, 0.717) is 5.92 Å². The highest BCUT2D eigenvalue weighted by Gasteiger charge is 2.24. The van der Waals surface area contributed by atoms with Gasteiger partial charge in [0.15, 0.2) is 0 Å². The highest BCUT2D eigenvalue weighted by Crippen LogP contribution is 2.29. The van der Waals surface area contributed by atoms with E-state index in [1.54, 1.807) is 0 Å². The predicted octanol–water partition coefficient (Wildman–Crippen LogP) is 3.94. The van der Waals surface area contributed by atoms with Crippen LogP contribution in [0.25, 0.3) is 0 Å². The predicted molar refractivity (Wildman–Crippen MR) is 69.1 cm³/mol. The lowest BCUT2D eigenvalue weighted by atomic mass is 9.99. The Labute approximate surface area is 105 Å². The SMILES string of the molecule is N#CC(Nc1cccc(Br)c1)C1CCCC1. The Kier molecular flexibility index (Phi) is 3.84. The molecule has 84 valence electrons. The van der Waals surface area contributed by atoms with E-state index in [1.807, 2.05) is 24.3 Å². The van der Waals surface area contributed by atoms with Crippen LogP contribution in [0.2, 0.25) is 0 Å². The highest BCUT2D eigenvalue weighted by atomic mass is 79.9. The second-order valence-corrected chi connectivity index (χ2v) is 5.22. The molecule has 0 bridgehead atoms. The van der Waals surface area contributed by atoms with Gasteiger partial charge in [0.25, 0.3) is 0 Å². The van der Waals surface area contributed by atoms with Crippen LogP contribution < -0.4 is 5.32 Å². The largest absolute Gasteiger partial charge is 0.370 e. The molecule has 2 nitrogen and oxygen atoms in total. The fraction of sp³-hybridized carbons (Fsp3) is 0.462. The van der Waals surface area contributed by atoms with Crippen molar-refractivity contribution in [3.8, 4) is 6.07 Å². The number of nitrogens with one attached hydrogen (secondary N) is 1. The van der Waals surface area contributed by atoms with Crippen LogP contribution in [-0.2, 0) is 0 Å². The summed E-state index contributed by atoms with van der Waals surface area (Å²) in [5.41, 5.74) is 1.02. The standard InChI is InChI=1S/C13H15BrN2/c14-11-6-3-7-12(8-11)16-13(9-15)10-4-1-2-5-10/h3,6-8,10,13,16H,1-2,4-5H2. The molecule has 2 rings (SSSR count). The van der Waals surface area contributed by atoms with Crippen LogP contribution in [0.3, 0.4) is 0 Å². The van der Waals surface area contributed by atoms with E-state index in [0.717, 1.165) is 10.2 Å². The third-order valence-electron chi connectivity index (χ3n) is 3.16. The van der Waals surface area contributed by atoms with E-state index >= 15 is 0 Å². The number of anilines is 1. The number of nitriles is 1. The van der Waals surface area contributed by atoms with E-state index in [2.05, 4.69) is 27.3 Å². The Hall–Kier alpha value is -1.01. The lowest BCUT2D eigenvalue weighted by molar-refractivity contribution is 0.519. The van der Waals surface area contributed by atoms with Crippen LogP contribution in [0.15, 0.2) is 28.7 Å². The Morgan fingerprint density at radius 1 is 1.38 bits per heavy atom. The summed E-state index contributed by atoms with van der Waals surface area (Å²) >= 11 is 3.43. The molecular formula is C13H15BrN2. The molecule has 1 aromatic carbocycles. The van der Waals surface area contributed by atoms with Gasteiger partial charge in [0, 0.05) is 10.2 Å². The van der Waals surface area contributed by atoms with Gasteiger partial charge in [0.2, 0.25) is 0 Å². The maximum atomic E-state index is 9.19. The lowest BCUT2D eigenvalue weighted by Crippen LogP contribution is -2.25. The molecule has 1 saturated carbocycles. The molecule has 1 aliphatic rings. The third kappa shape index (κ3) is 2.76. The van der Waals surface area contributed by atoms with E-state index in [1.165, 1.54) is 25.7 Å². The van der Waals surface area contributed by atoms with Gasteiger partial charge in [-0.3, -0.25) is 0 Å². The zero-order valence-electron chi connectivity index (χ0n) is 9.12. The van der Waals surface area contributed by atoms with E-state index < -0.39 is 0 Å². The van der Waals surface area contributed by atoms with Gasteiger partial charge in [-0.05, 0) is 37.0 Å². The summed E-state index contributed by atoms with van der Waals surface area (Å²) in [6.07, 6.45) is 4.89. The van der Waals surface area contributed by atoms with Crippen LogP contribution in [-0.4, -0.2) is 6.04 Å². The summed E-state index contributed by atoms with van der Waals surface area (Å²) in [5, 5.41) is 12.5. The van der Waals surface area contributed by atoms with Crippen molar-refractivity contribution < 1.29 is 0 Å². The first kappa shape index (κ1) is 11.5. The van der Waals surface area contributed by atoms with Gasteiger partial charge in [0.05, 0.1) is 6.07 Å². The number of halogens is 1. The van der Waals surface area contributed by atoms with Crippen molar-refractivity contribution in [1.29, 1.82) is 5.26 Å². The van der Waals surface area contributed by atoms with Gasteiger partial charge < -0.3 is 5.32 Å². The van der Waals surface area contributed by atoms with Crippen molar-refractivity contribution in [2.75, 3.05) is 5.32 Å². The molecule has 1 aliphatic carbocycles. The molecule has 1 aromatic rings. The molecule has 3 heteroatoms. The minimum absolute atomic E-state index is 0.0446. The maximum absolute atomic E-state index is 9.19. The van der Waals surface area contributed by atoms with Crippen LogP contribution >= 0.6 is 15.9 Å². The topological polar surface area (TPSA) is 35.8 Å². The third-order valence-corrected chi connectivity index (χ3v) is 3.65. The van der Waals surface area contributed by atoms with Crippen LogP contribution in [0.1, 0.15) is 25.7 Å². The van der Waals surface area contributed by atoms with Gasteiger partial charge in [-0.2, -0.15) is 5.26 Å². The van der Waals surface area contributed by atoms with Crippen molar-refractivity contribution in [3.05, 3.63) is 28.7 Å². The minimum Gasteiger partial charge on any atom is -0.370 e. The summed E-state index contributed by atoms with van der Waals surface area (Å²) in [6, 6.07) is 10.3. The molecule has 0 heterocycles. The Balaban J connectivity index is 2.04.